The van der Waals surface area contributed by atoms with Gasteiger partial charge in [-0.25, -0.2) is 0 Å². The first-order chi connectivity index (χ1) is 21.2. The second-order valence-corrected chi connectivity index (χ2v) is 11.4. The molecule has 2 unspecified atom stereocenters. The molecule has 6 aromatic rings. The van der Waals surface area contributed by atoms with E-state index in [9.17, 15) is 0 Å². The molecule has 0 aromatic heterocycles. The van der Waals surface area contributed by atoms with Gasteiger partial charge in [-0.1, -0.05) is 133 Å². The predicted molar refractivity (Wildman–Crippen MR) is 178 cm³/mol. The van der Waals surface area contributed by atoms with Gasteiger partial charge in [-0.2, -0.15) is 0 Å². The predicted octanol–water partition coefficient (Wildman–Crippen LogP) is 9.52. The van der Waals surface area contributed by atoms with Gasteiger partial charge < -0.3 is 0 Å². The number of benzene rings is 6. The molecule has 0 bridgehead atoms. The molecule has 7 rings (SSSR count). The highest BCUT2D eigenvalue weighted by Crippen LogP contribution is 2.36. The van der Waals surface area contributed by atoms with Crippen molar-refractivity contribution in [2.75, 3.05) is 0 Å². The van der Waals surface area contributed by atoms with Crippen molar-refractivity contribution in [2.45, 2.75) is 18.5 Å². The zero-order valence-electron chi connectivity index (χ0n) is 23.6. The largest absolute Gasteiger partial charge is 0.279 e. The molecule has 3 N–H and O–H groups in total. The van der Waals surface area contributed by atoms with Crippen LogP contribution < -0.4 is 16.0 Å². The fourth-order valence-corrected chi connectivity index (χ4v) is 6.09. The van der Waals surface area contributed by atoms with Gasteiger partial charge in [0.05, 0.1) is 18.5 Å². The highest BCUT2D eigenvalue weighted by Gasteiger charge is 2.30. The number of rotatable bonds is 6. The summed E-state index contributed by atoms with van der Waals surface area (Å²) in [5, 5.41) is 12.0. The Morgan fingerprint density at radius 1 is 0.326 bits per heavy atom. The maximum absolute atomic E-state index is 6.87. The van der Waals surface area contributed by atoms with Crippen LogP contribution in [0.1, 0.15) is 35.2 Å². The average Bonchev–Trinajstić information content (AvgIpc) is 3.09. The Hall–Kier alpha value is -4.51. The van der Waals surface area contributed by atoms with E-state index in [1.54, 1.807) is 0 Å². The first-order valence-corrected chi connectivity index (χ1v) is 15.0. The SMILES string of the molecule is Clc1cc(-c2cc(-c3ccccc3)cc(-c3ccccc3)c2)cc(C2NC(c3ccccc3)NC(c3ccccc3)N2)c1. The summed E-state index contributed by atoms with van der Waals surface area (Å²) in [6.07, 6.45) is -0.239. The van der Waals surface area contributed by atoms with E-state index in [2.05, 4.69) is 162 Å². The smallest absolute Gasteiger partial charge is 0.0865 e. The van der Waals surface area contributed by atoms with E-state index >= 15 is 0 Å². The van der Waals surface area contributed by atoms with Crippen molar-refractivity contribution in [1.82, 2.24) is 16.0 Å². The van der Waals surface area contributed by atoms with Crippen molar-refractivity contribution in [2.24, 2.45) is 0 Å². The molecule has 3 nitrogen and oxygen atoms in total. The Balaban J connectivity index is 1.30. The highest BCUT2D eigenvalue weighted by molar-refractivity contribution is 6.31. The summed E-state index contributed by atoms with van der Waals surface area (Å²) in [5.74, 6) is 0. The Kier molecular flexibility index (Phi) is 7.87. The van der Waals surface area contributed by atoms with Crippen LogP contribution >= 0.6 is 11.6 Å². The number of hydrogen-bond donors (Lipinski definition) is 3. The monoisotopic (exact) mass is 577 g/mol. The van der Waals surface area contributed by atoms with Crippen LogP contribution in [0.3, 0.4) is 0 Å². The third-order valence-corrected chi connectivity index (χ3v) is 8.22. The number of hydrogen-bond acceptors (Lipinski definition) is 3. The van der Waals surface area contributed by atoms with Crippen LogP contribution in [0.15, 0.2) is 158 Å². The summed E-state index contributed by atoms with van der Waals surface area (Å²) >= 11 is 6.87. The van der Waals surface area contributed by atoms with Crippen LogP contribution in [0.4, 0.5) is 0 Å². The van der Waals surface area contributed by atoms with E-state index in [1.165, 1.54) is 33.4 Å². The van der Waals surface area contributed by atoms with Gasteiger partial charge in [0.25, 0.3) is 0 Å². The summed E-state index contributed by atoms with van der Waals surface area (Å²) < 4.78 is 0. The lowest BCUT2D eigenvalue weighted by Gasteiger charge is -2.39. The first-order valence-electron chi connectivity index (χ1n) is 14.6. The van der Waals surface area contributed by atoms with Gasteiger partial charge in [0.15, 0.2) is 0 Å². The average molecular weight is 578 g/mol. The van der Waals surface area contributed by atoms with Crippen molar-refractivity contribution in [3.05, 3.63) is 179 Å². The van der Waals surface area contributed by atoms with E-state index in [0.29, 0.717) is 5.02 Å². The minimum absolute atomic E-state index is 0.0498. The lowest BCUT2D eigenvalue weighted by molar-refractivity contribution is 0.203. The van der Waals surface area contributed by atoms with E-state index in [-0.39, 0.29) is 18.5 Å². The summed E-state index contributed by atoms with van der Waals surface area (Å²) in [6, 6.07) is 55.3. The Morgan fingerprint density at radius 3 is 1.12 bits per heavy atom. The number of nitrogens with one attached hydrogen (secondary N) is 3. The molecule has 0 aliphatic carbocycles. The Bertz CT molecular complexity index is 1700. The zero-order chi connectivity index (χ0) is 29.0. The van der Waals surface area contributed by atoms with Gasteiger partial charge >= 0.3 is 0 Å². The van der Waals surface area contributed by atoms with Gasteiger partial charge in [0.2, 0.25) is 0 Å². The molecule has 0 saturated carbocycles. The van der Waals surface area contributed by atoms with Gasteiger partial charge in [-0.3, -0.25) is 16.0 Å². The fourth-order valence-electron chi connectivity index (χ4n) is 5.85. The van der Waals surface area contributed by atoms with Crippen LogP contribution in [0.25, 0.3) is 33.4 Å². The first kappa shape index (κ1) is 27.3. The molecule has 1 saturated heterocycles. The normalized spacial score (nSPS) is 18.3. The Labute approximate surface area is 258 Å². The summed E-state index contributed by atoms with van der Waals surface area (Å²) in [6.45, 7) is 0. The van der Waals surface area contributed by atoms with Crippen molar-refractivity contribution >= 4 is 11.6 Å². The molecule has 43 heavy (non-hydrogen) atoms. The summed E-state index contributed by atoms with van der Waals surface area (Å²) in [7, 11) is 0. The molecule has 1 heterocycles. The van der Waals surface area contributed by atoms with Crippen LogP contribution in [0.2, 0.25) is 5.02 Å². The molecule has 1 aliphatic heterocycles. The third-order valence-electron chi connectivity index (χ3n) is 8.00. The molecule has 0 spiro atoms. The molecular formula is C39H32ClN3. The van der Waals surface area contributed by atoms with Crippen LogP contribution in [0, 0.1) is 0 Å². The van der Waals surface area contributed by atoms with E-state index in [1.807, 2.05) is 12.1 Å². The van der Waals surface area contributed by atoms with Crippen LogP contribution in [-0.4, -0.2) is 0 Å². The van der Waals surface area contributed by atoms with Crippen LogP contribution in [0.5, 0.6) is 0 Å². The second kappa shape index (κ2) is 12.4. The minimum atomic E-state index is -0.139. The maximum Gasteiger partial charge on any atom is 0.0865 e. The minimum Gasteiger partial charge on any atom is -0.279 e. The lowest BCUT2D eigenvalue weighted by Crippen LogP contribution is -2.54. The number of halogens is 1. The molecular weight excluding hydrogens is 546 g/mol. The third kappa shape index (κ3) is 6.17. The molecule has 1 aliphatic rings. The topological polar surface area (TPSA) is 36.1 Å². The molecule has 2 atom stereocenters. The quantitative estimate of drug-likeness (QED) is 0.184. The van der Waals surface area contributed by atoms with Crippen molar-refractivity contribution in [3.63, 3.8) is 0 Å². The van der Waals surface area contributed by atoms with Crippen molar-refractivity contribution < 1.29 is 0 Å². The van der Waals surface area contributed by atoms with Crippen molar-refractivity contribution in [3.8, 4) is 33.4 Å². The highest BCUT2D eigenvalue weighted by atomic mass is 35.5. The van der Waals surface area contributed by atoms with Crippen molar-refractivity contribution in [1.29, 1.82) is 0 Å². The van der Waals surface area contributed by atoms with E-state index < -0.39 is 0 Å². The molecule has 1 fully saturated rings. The van der Waals surface area contributed by atoms with Gasteiger partial charge in [0.1, 0.15) is 0 Å². The lowest BCUT2D eigenvalue weighted by atomic mass is 9.92. The summed E-state index contributed by atoms with van der Waals surface area (Å²) in [4.78, 5) is 0. The molecule has 0 amide bonds. The maximum atomic E-state index is 6.87. The van der Waals surface area contributed by atoms with Crippen LogP contribution in [-0.2, 0) is 0 Å². The summed E-state index contributed by atoms with van der Waals surface area (Å²) in [5.41, 5.74) is 10.3. The van der Waals surface area contributed by atoms with Gasteiger partial charge in [-0.05, 0) is 86.5 Å². The molecule has 210 valence electrons. The van der Waals surface area contributed by atoms with E-state index in [0.717, 1.165) is 16.7 Å². The van der Waals surface area contributed by atoms with Gasteiger partial charge in [0, 0.05) is 5.02 Å². The van der Waals surface area contributed by atoms with E-state index in [4.69, 9.17) is 11.6 Å². The zero-order valence-corrected chi connectivity index (χ0v) is 24.4. The standard InChI is InChI=1S/C39H32ClN3/c40-36-25-34(33-22-31(27-13-5-1-6-14-27)21-32(23-33)28-15-7-2-8-16-28)24-35(26-36)39-42-37(29-17-9-3-10-18-29)41-38(43-39)30-19-11-4-12-20-30/h1-26,37-39,41-43H. The Morgan fingerprint density at radius 2 is 0.674 bits per heavy atom. The molecule has 0 radical (unpaired) electrons. The second-order valence-electron chi connectivity index (χ2n) is 10.9. The molecule has 6 aromatic carbocycles. The molecule has 4 heteroatoms. The fraction of sp³-hybridized carbons (Fsp3) is 0.0769. The van der Waals surface area contributed by atoms with Gasteiger partial charge in [-0.15, -0.1) is 0 Å².